The third-order valence-electron chi connectivity index (χ3n) is 4.88. The van der Waals surface area contributed by atoms with Crippen molar-refractivity contribution in [3.05, 3.63) is 42.1 Å². The Hall–Kier alpha value is -2.73. The first-order valence-electron chi connectivity index (χ1n) is 8.98. The van der Waals surface area contributed by atoms with Crippen LogP contribution in [0.1, 0.15) is 18.4 Å². The van der Waals surface area contributed by atoms with Gasteiger partial charge in [-0.05, 0) is 45.0 Å². The summed E-state index contributed by atoms with van der Waals surface area (Å²) in [4.78, 5) is 6.71. The predicted molar refractivity (Wildman–Crippen MR) is 103 cm³/mol. The molecule has 0 unspecified atom stereocenters. The van der Waals surface area contributed by atoms with Crippen molar-refractivity contribution >= 4 is 16.6 Å². The molecule has 1 aliphatic rings. The molecule has 3 aromatic rings. The number of fused-ring (bicyclic) bond motifs is 1. The number of likely N-dealkylation sites (N-methyl/N-ethyl adjacent to an activating group) is 1. The largest absolute Gasteiger partial charge is 0.506 e. The van der Waals surface area contributed by atoms with Crippen molar-refractivity contribution in [2.75, 3.05) is 25.5 Å². The molecule has 0 saturated carbocycles. The van der Waals surface area contributed by atoms with E-state index in [1.807, 2.05) is 31.2 Å². The number of aromatic hydroxyl groups is 1. The van der Waals surface area contributed by atoms with Gasteiger partial charge in [0.1, 0.15) is 17.1 Å². The van der Waals surface area contributed by atoms with Gasteiger partial charge in [-0.2, -0.15) is 0 Å². The number of rotatable bonds is 3. The third-order valence-corrected chi connectivity index (χ3v) is 4.88. The average Bonchev–Trinajstić information content (AvgIpc) is 2.63. The van der Waals surface area contributed by atoms with E-state index in [0.29, 0.717) is 17.4 Å². The molecule has 1 fully saturated rings. The topological polar surface area (TPSA) is 74.2 Å². The van der Waals surface area contributed by atoms with E-state index in [1.54, 1.807) is 12.3 Å². The molecule has 134 valence electrons. The Labute approximate surface area is 152 Å². The van der Waals surface area contributed by atoms with Crippen LogP contribution < -0.4 is 5.32 Å². The Morgan fingerprint density at radius 3 is 2.73 bits per heavy atom. The maximum atomic E-state index is 10.3. The fourth-order valence-corrected chi connectivity index (χ4v) is 3.60. The normalized spacial score (nSPS) is 18.2. The zero-order valence-corrected chi connectivity index (χ0v) is 15.1. The van der Waals surface area contributed by atoms with Gasteiger partial charge < -0.3 is 15.3 Å². The smallest absolute Gasteiger partial charge is 0.156 e. The second-order valence-electron chi connectivity index (χ2n) is 7.07. The molecule has 1 aliphatic heterocycles. The molecule has 3 heterocycles. The van der Waals surface area contributed by atoms with Crippen molar-refractivity contribution in [2.45, 2.75) is 25.8 Å². The number of hydrogen-bond donors (Lipinski definition) is 2. The first-order chi connectivity index (χ1) is 12.6. The number of likely N-dealkylation sites (tertiary alicyclic amines) is 1. The van der Waals surface area contributed by atoms with Crippen molar-refractivity contribution in [1.82, 2.24) is 20.1 Å². The van der Waals surface area contributed by atoms with E-state index in [4.69, 9.17) is 0 Å². The van der Waals surface area contributed by atoms with Crippen LogP contribution in [0, 0.1) is 6.92 Å². The van der Waals surface area contributed by atoms with Crippen LogP contribution in [-0.4, -0.2) is 51.4 Å². The number of pyridine rings is 1. The molecular formula is C20H23N5O. The van der Waals surface area contributed by atoms with Crippen molar-refractivity contribution in [2.24, 2.45) is 0 Å². The van der Waals surface area contributed by atoms with E-state index in [9.17, 15) is 5.11 Å². The van der Waals surface area contributed by atoms with E-state index < -0.39 is 0 Å². The van der Waals surface area contributed by atoms with Crippen LogP contribution in [-0.2, 0) is 0 Å². The summed E-state index contributed by atoms with van der Waals surface area (Å²) < 4.78 is 0. The van der Waals surface area contributed by atoms with Gasteiger partial charge in [0.05, 0.1) is 0 Å². The number of benzene rings is 1. The first kappa shape index (κ1) is 16.7. The van der Waals surface area contributed by atoms with Crippen LogP contribution in [0.5, 0.6) is 5.75 Å². The Kier molecular flexibility index (Phi) is 4.42. The molecule has 0 amide bonds. The number of aromatic nitrogens is 3. The second kappa shape index (κ2) is 6.88. The molecule has 0 radical (unpaired) electrons. The number of nitrogens with zero attached hydrogens (tertiary/aromatic N) is 4. The quantitative estimate of drug-likeness (QED) is 0.756. The molecule has 1 atom stereocenters. The summed E-state index contributed by atoms with van der Waals surface area (Å²) >= 11 is 0. The van der Waals surface area contributed by atoms with E-state index in [-0.39, 0.29) is 5.75 Å². The van der Waals surface area contributed by atoms with Crippen LogP contribution in [0.2, 0.25) is 0 Å². The molecule has 2 aromatic heterocycles. The Balaban J connectivity index is 1.76. The van der Waals surface area contributed by atoms with E-state index in [2.05, 4.69) is 32.4 Å². The van der Waals surface area contributed by atoms with Gasteiger partial charge in [0.15, 0.2) is 5.82 Å². The Morgan fingerprint density at radius 1 is 1.15 bits per heavy atom. The molecular weight excluding hydrogens is 326 g/mol. The van der Waals surface area contributed by atoms with E-state index >= 15 is 0 Å². The van der Waals surface area contributed by atoms with E-state index in [1.165, 1.54) is 6.42 Å². The molecule has 2 N–H and O–H groups in total. The van der Waals surface area contributed by atoms with Crippen LogP contribution in [0.25, 0.3) is 22.2 Å². The molecule has 6 heteroatoms. The molecule has 6 nitrogen and oxygen atoms in total. The van der Waals surface area contributed by atoms with Gasteiger partial charge in [-0.25, -0.2) is 0 Å². The van der Waals surface area contributed by atoms with Crippen molar-refractivity contribution < 1.29 is 5.11 Å². The number of hydrogen-bond acceptors (Lipinski definition) is 6. The highest BCUT2D eigenvalue weighted by molar-refractivity contribution is 6.00. The Bertz CT molecular complexity index is 943. The summed E-state index contributed by atoms with van der Waals surface area (Å²) in [6, 6.07) is 10.1. The van der Waals surface area contributed by atoms with Gasteiger partial charge in [-0.3, -0.25) is 4.98 Å². The SMILES string of the molecule is Cc1cnc(-c2nnc(N[C@@H]3CCCN(C)C3)c3ccccc23)c(O)c1. The molecule has 0 spiro atoms. The fraction of sp³-hybridized carbons (Fsp3) is 0.350. The minimum Gasteiger partial charge on any atom is -0.506 e. The minimum absolute atomic E-state index is 0.124. The maximum Gasteiger partial charge on any atom is 0.156 e. The predicted octanol–water partition coefficient (Wildman–Crippen LogP) is 3.21. The summed E-state index contributed by atoms with van der Waals surface area (Å²) in [5.74, 6) is 0.912. The monoisotopic (exact) mass is 349 g/mol. The standard InChI is InChI=1S/C20H23N5O/c1-13-10-17(26)19(21-11-13)18-15-7-3-4-8-16(15)20(24-23-18)22-14-6-5-9-25(2)12-14/h3-4,7-8,10-11,14,26H,5-6,9,12H2,1-2H3,(H,22,24)/t14-/m1/s1. The van der Waals surface area contributed by atoms with Gasteiger partial charge in [0.25, 0.3) is 0 Å². The lowest BCUT2D eigenvalue weighted by molar-refractivity contribution is 0.261. The molecule has 1 saturated heterocycles. The molecule has 26 heavy (non-hydrogen) atoms. The number of piperidine rings is 1. The lowest BCUT2D eigenvalue weighted by Gasteiger charge is -2.30. The Morgan fingerprint density at radius 2 is 1.96 bits per heavy atom. The van der Waals surface area contributed by atoms with Gasteiger partial charge >= 0.3 is 0 Å². The average molecular weight is 349 g/mol. The first-order valence-corrected chi connectivity index (χ1v) is 8.98. The van der Waals surface area contributed by atoms with Crippen molar-refractivity contribution in [3.63, 3.8) is 0 Å². The lowest BCUT2D eigenvalue weighted by Crippen LogP contribution is -2.40. The second-order valence-corrected chi connectivity index (χ2v) is 7.07. The maximum absolute atomic E-state index is 10.3. The van der Waals surface area contributed by atoms with Crippen molar-refractivity contribution in [1.29, 1.82) is 0 Å². The van der Waals surface area contributed by atoms with Gasteiger partial charge in [-0.15, -0.1) is 10.2 Å². The summed E-state index contributed by atoms with van der Waals surface area (Å²) in [6.07, 6.45) is 4.04. The number of anilines is 1. The van der Waals surface area contributed by atoms with Crippen LogP contribution in [0.15, 0.2) is 36.5 Å². The van der Waals surface area contributed by atoms with Crippen LogP contribution >= 0.6 is 0 Å². The zero-order valence-electron chi connectivity index (χ0n) is 15.1. The summed E-state index contributed by atoms with van der Waals surface area (Å²) in [5, 5.41) is 24.6. The number of aryl methyl sites for hydroxylation is 1. The van der Waals surface area contributed by atoms with E-state index in [0.717, 1.165) is 41.7 Å². The van der Waals surface area contributed by atoms with Crippen molar-refractivity contribution in [3.8, 4) is 17.1 Å². The highest BCUT2D eigenvalue weighted by Gasteiger charge is 2.20. The molecule has 4 rings (SSSR count). The molecule has 0 bridgehead atoms. The van der Waals surface area contributed by atoms with Gasteiger partial charge in [-0.1, -0.05) is 24.3 Å². The highest BCUT2D eigenvalue weighted by atomic mass is 16.3. The summed E-state index contributed by atoms with van der Waals surface area (Å²) in [6.45, 7) is 4.04. The number of nitrogens with one attached hydrogen (secondary N) is 1. The fourth-order valence-electron chi connectivity index (χ4n) is 3.60. The third kappa shape index (κ3) is 3.20. The van der Waals surface area contributed by atoms with Crippen LogP contribution in [0.3, 0.4) is 0 Å². The highest BCUT2D eigenvalue weighted by Crippen LogP contribution is 2.33. The molecule has 1 aromatic carbocycles. The van der Waals surface area contributed by atoms with Crippen LogP contribution in [0.4, 0.5) is 5.82 Å². The lowest BCUT2D eigenvalue weighted by atomic mass is 10.0. The molecule has 0 aliphatic carbocycles. The zero-order chi connectivity index (χ0) is 18.1. The van der Waals surface area contributed by atoms with Gasteiger partial charge in [0, 0.05) is 29.6 Å². The summed E-state index contributed by atoms with van der Waals surface area (Å²) in [5.41, 5.74) is 1.97. The van der Waals surface area contributed by atoms with Gasteiger partial charge in [0.2, 0.25) is 0 Å². The summed E-state index contributed by atoms with van der Waals surface area (Å²) in [7, 11) is 2.15. The minimum atomic E-state index is 0.124.